The molecule has 0 aliphatic carbocycles. The summed E-state index contributed by atoms with van der Waals surface area (Å²) >= 11 is 7.55. The van der Waals surface area contributed by atoms with Gasteiger partial charge in [0, 0.05) is 36.0 Å². The molecule has 0 N–H and O–H groups in total. The van der Waals surface area contributed by atoms with Gasteiger partial charge in [-0.3, -0.25) is 9.59 Å². The van der Waals surface area contributed by atoms with Crippen molar-refractivity contribution >= 4 is 35.2 Å². The van der Waals surface area contributed by atoms with Crippen LogP contribution in [0.25, 0.3) is 0 Å². The molecule has 1 aliphatic heterocycles. The van der Waals surface area contributed by atoms with Crippen molar-refractivity contribution in [2.45, 2.75) is 12.6 Å². The number of carbonyl (C=O) groups excluding carboxylic acids is 2. The first kappa shape index (κ1) is 21.7. The van der Waals surface area contributed by atoms with Gasteiger partial charge in [0.1, 0.15) is 6.04 Å². The van der Waals surface area contributed by atoms with Gasteiger partial charge >= 0.3 is 0 Å². The van der Waals surface area contributed by atoms with Gasteiger partial charge in [0.05, 0.1) is 5.88 Å². The van der Waals surface area contributed by atoms with E-state index < -0.39 is 6.04 Å². The van der Waals surface area contributed by atoms with Crippen molar-refractivity contribution in [3.63, 3.8) is 0 Å². The van der Waals surface area contributed by atoms with Gasteiger partial charge in [-0.1, -0.05) is 41.9 Å². The number of nitrogens with zero attached hydrogens (tertiary/aromatic N) is 3. The molecule has 1 aliphatic rings. The Hall–Kier alpha value is -2.02. The third-order valence-electron chi connectivity index (χ3n) is 4.86. The molecule has 2 aromatic carbocycles. The minimum atomic E-state index is -0.450. The van der Waals surface area contributed by atoms with Crippen molar-refractivity contribution in [2.24, 2.45) is 0 Å². The molecular weight excluding hydrogens is 406 g/mol. The molecule has 5 nitrogen and oxygen atoms in total. The molecule has 1 heterocycles. The SMILES string of the molecule is CN(C)CCN(Cc1ccccc1)C(=O)C1CSCN1C(=O)c1ccc(Cl)cc1. The molecule has 0 bridgehead atoms. The van der Waals surface area contributed by atoms with Crippen LogP contribution >= 0.6 is 23.4 Å². The normalized spacial score (nSPS) is 16.3. The molecule has 29 heavy (non-hydrogen) atoms. The van der Waals surface area contributed by atoms with E-state index in [1.54, 1.807) is 40.9 Å². The highest BCUT2D eigenvalue weighted by Crippen LogP contribution is 2.25. The molecule has 1 fully saturated rings. The average molecular weight is 432 g/mol. The van der Waals surface area contributed by atoms with Crippen molar-refractivity contribution in [1.29, 1.82) is 0 Å². The zero-order valence-electron chi connectivity index (χ0n) is 16.8. The summed E-state index contributed by atoms with van der Waals surface area (Å²) in [4.78, 5) is 32.1. The maximum absolute atomic E-state index is 13.4. The van der Waals surface area contributed by atoms with Crippen molar-refractivity contribution in [1.82, 2.24) is 14.7 Å². The van der Waals surface area contributed by atoms with E-state index >= 15 is 0 Å². The summed E-state index contributed by atoms with van der Waals surface area (Å²) in [6.45, 7) is 1.92. The lowest BCUT2D eigenvalue weighted by atomic mass is 10.1. The predicted octanol–water partition coefficient (Wildman–Crippen LogP) is 3.45. The van der Waals surface area contributed by atoms with E-state index in [1.165, 1.54) is 0 Å². The Morgan fingerprint density at radius 3 is 2.41 bits per heavy atom. The zero-order valence-corrected chi connectivity index (χ0v) is 18.3. The molecule has 2 amide bonds. The van der Waals surface area contributed by atoms with Crippen LogP contribution in [0.3, 0.4) is 0 Å². The lowest BCUT2D eigenvalue weighted by molar-refractivity contribution is -0.135. The molecular formula is C22H26ClN3O2S. The number of amides is 2. The molecule has 1 saturated heterocycles. The van der Waals surface area contributed by atoms with Crippen LogP contribution in [0.4, 0.5) is 0 Å². The first-order valence-corrected chi connectivity index (χ1v) is 11.1. The number of likely N-dealkylation sites (N-methyl/N-ethyl adjacent to an activating group) is 1. The Bertz CT molecular complexity index is 830. The third kappa shape index (κ3) is 5.75. The third-order valence-corrected chi connectivity index (χ3v) is 6.13. The first-order valence-electron chi connectivity index (χ1n) is 9.57. The summed E-state index contributed by atoms with van der Waals surface area (Å²) in [7, 11) is 3.99. The Morgan fingerprint density at radius 2 is 1.76 bits per heavy atom. The van der Waals surface area contributed by atoms with E-state index in [1.807, 2.05) is 49.3 Å². The van der Waals surface area contributed by atoms with Crippen LogP contribution in [0.5, 0.6) is 0 Å². The lowest BCUT2D eigenvalue weighted by Crippen LogP contribution is -2.50. The van der Waals surface area contributed by atoms with E-state index in [2.05, 4.69) is 4.90 Å². The van der Waals surface area contributed by atoms with Gasteiger partial charge in [-0.05, 0) is 43.9 Å². The monoisotopic (exact) mass is 431 g/mol. The maximum Gasteiger partial charge on any atom is 0.255 e. The second kappa shape index (κ2) is 10.1. The van der Waals surface area contributed by atoms with Crippen LogP contribution in [0.2, 0.25) is 5.02 Å². The fourth-order valence-electron chi connectivity index (χ4n) is 3.21. The van der Waals surface area contributed by atoms with Gasteiger partial charge in [-0.15, -0.1) is 11.8 Å². The standard InChI is InChI=1S/C22H26ClN3O2S/c1-24(2)12-13-25(14-17-6-4-3-5-7-17)22(28)20-15-29-16-26(20)21(27)18-8-10-19(23)11-9-18/h3-11,20H,12-16H2,1-2H3. The fourth-order valence-corrected chi connectivity index (χ4v) is 4.48. The van der Waals surface area contributed by atoms with E-state index in [-0.39, 0.29) is 11.8 Å². The summed E-state index contributed by atoms with van der Waals surface area (Å²) in [5.41, 5.74) is 1.64. The zero-order chi connectivity index (χ0) is 20.8. The van der Waals surface area contributed by atoms with Crippen LogP contribution < -0.4 is 0 Å². The smallest absolute Gasteiger partial charge is 0.255 e. The van der Waals surface area contributed by atoms with Crippen molar-refractivity contribution in [2.75, 3.05) is 38.8 Å². The van der Waals surface area contributed by atoms with E-state index in [0.717, 1.165) is 12.1 Å². The van der Waals surface area contributed by atoms with Gasteiger partial charge in [0.15, 0.2) is 0 Å². The predicted molar refractivity (Wildman–Crippen MR) is 119 cm³/mol. The number of thioether (sulfide) groups is 1. The molecule has 1 atom stereocenters. The van der Waals surface area contributed by atoms with Gasteiger partial charge < -0.3 is 14.7 Å². The van der Waals surface area contributed by atoms with Crippen LogP contribution in [-0.4, -0.2) is 71.4 Å². The van der Waals surface area contributed by atoms with Crippen LogP contribution in [-0.2, 0) is 11.3 Å². The topological polar surface area (TPSA) is 43.9 Å². The average Bonchev–Trinajstić information content (AvgIpc) is 3.21. The minimum Gasteiger partial charge on any atom is -0.335 e. The number of rotatable bonds is 7. The Balaban J connectivity index is 1.77. The number of carbonyl (C=O) groups is 2. The Morgan fingerprint density at radius 1 is 1.07 bits per heavy atom. The van der Waals surface area contributed by atoms with E-state index in [0.29, 0.717) is 35.3 Å². The van der Waals surface area contributed by atoms with E-state index in [9.17, 15) is 9.59 Å². The number of hydrogen-bond donors (Lipinski definition) is 0. The summed E-state index contributed by atoms with van der Waals surface area (Å²) in [5.74, 6) is 1.01. The molecule has 154 valence electrons. The quantitative estimate of drug-likeness (QED) is 0.673. The maximum atomic E-state index is 13.4. The van der Waals surface area contributed by atoms with Gasteiger partial charge in [0.2, 0.25) is 5.91 Å². The summed E-state index contributed by atoms with van der Waals surface area (Å²) < 4.78 is 0. The lowest BCUT2D eigenvalue weighted by Gasteiger charge is -2.31. The molecule has 0 aromatic heterocycles. The summed E-state index contributed by atoms with van der Waals surface area (Å²) in [6, 6.07) is 16.3. The first-order chi connectivity index (χ1) is 14.0. The summed E-state index contributed by atoms with van der Waals surface area (Å²) in [6.07, 6.45) is 0. The highest BCUT2D eigenvalue weighted by Gasteiger charge is 2.37. The number of hydrogen-bond acceptors (Lipinski definition) is 4. The molecule has 3 rings (SSSR count). The van der Waals surface area contributed by atoms with Gasteiger partial charge in [-0.2, -0.15) is 0 Å². The Labute approximate surface area is 181 Å². The Kier molecular flexibility index (Phi) is 7.58. The van der Waals surface area contributed by atoms with Gasteiger partial charge in [0.25, 0.3) is 5.91 Å². The summed E-state index contributed by atoms with van der Waals surface area (Å²) in [5, 5.41) is 0.586. The molecule has 2 aromatic rings. The van der Waals surface area contributed by atoms with E-state index in [4.69, 9.17) is 11.6 Å². The van der Waals surface area contributed by atoms with Crippen molar-refractivity contribution in [3.05, 3.63) is 70.7 Å². The van der Waals surface area contributed by atoms with Crippen molar-refractivity contribution in [3.8, 4) is 0 Å². The molecule has 0 spiro atoms. The highest BCUT2D eigenvalue weighted by atomic mass is 35.5. The van der Waals surface area contributed by atoms with Crippen LogP contribution in [0.15, 0.2) is 54.6 Å². The largest absolute Gasteiger partial charge is 0.335 e. The molecule has 7 heteroatoms. The minimum absolute atomic E-state index is 0.00279. The molecule has 0 saturated carbocycles. The fraction of sp³-hybridized carbons (Fsp3) is 0.364. The number of benzene rings is 2. The molecule has 0 radical (unpaired) electrons. The van der Waals surface area contributed by atoms with Crippen LogP contribution in [0, 0.1) is 0 Å². The number of halogens is 1. The van der Waals surface area contributed by atoms with Crippen LogP contribution in [0.1, 0.15) is 15.9 Å². The van der Waals surface area contributed by atoms with Gasteiger partial charge in [-0.25, -0.2) is 0 Å². The molecule has 1 unspecified atom stereocenters. The second-order valence-electron chi connectivity index (χ2n) is 7.35. The van der Waals surface area contributed by atoms with Crippen molar-refractivity contribution < 1.29 is 9.59 Å². The second-order valence-corrected chi connectivity index (χ2v) is 8.78. The highest BCUT2D eigenvalue weighted by molar-refractivity contribution is 7.99.